The van der Waals surface area contributed by atoms with Crippen molar-refractivity contribution >= 4 is 17.6 Å². The minimum absolute atomic E-state index is 0.122. The fourth-order valence-electron chi connectivity index (χ4n) is 2.87. The molecule has 1 unspecified atom stereocenters. The van der Waals surface area contributed by atoms with Crippen molar-refractivity contribution in [2.75, 3.05) is 33.2 Å². The van der Waals surface area contributed by atoms with Crippen LogP contribution >= 0.6 is 11.6 Å². The highest BCUT2D eigenvalue weighted by Crippen LogP contribution is 2.27. The van der Waals surface area contributed by atoms with Gasteiger partial charge < -0.3 is 15.5 Å². The maximum atomic E-state index is 6.33. The molecule has 1 fully saturated rings. The van der Waals surface area contributed by atoms with E-state index in [2.05, 4.69) is 29.0 Å². The van der Waals surface area contributed by atoms with Crippen molar-refractivity contribution in [1.29, 1.82) is 0 Å². The molecule has 2 aromatic carbocycles. The number of piperazine rings is 1. The van der Waals surface area contributed by atoms with Crippen LogP contribution in [0.4, 0.5) is 0 Å². The van der Waals surface area contributed by atoms with Crippen molar-refractivity contribution in [3.63, 3.8) is 0 Å². The van der Waals surface area contributed by atoms with E-state index in [0.717, 1.165) is 42.3 Å². The smallest absolute Gasteiger partial charge is 0.192 e. The van der Waals surface area contributed by atoms with E-state index in [1.54, 1.807) is 0 Å². The van der Waals surface area contributed by atoms with Crippen molar-refractivity contribution in [2.45, 2.75) is 6.04 Å². The molecule has 0 saturated carbocycles. The number of rotatable bonds is 3. The Morgan fingerprint density at radius 2 is 1.54 bits per heavy atom. The molecule has 24 heavy (non-hydrogen) atoms. The highest BCUT2D eigenvalue weighted by molar-refractivity contribution is 6.30. The second kappa shape index (κ2) is 7.69. The molecule has 0 bridgehead atoms. The van der Waals surface area contributed by atoms with Crippen LogP contribution in [0.25, 0.3) is 0 Å². The van der Waals surface area contributed by atoms with E-state index in [1.807, 2.05) is 42.5 Å². The molecule has 4 nitrogen and oxygen atoms in total. The molecule has 0 amide bonds. The van der Waals surface area contributed by atoms with Gasteiger partial charge in [-0.3, -0.25) is 0 Å². The van der Waals surface area contributed by atoms with Gasteiger partial charge in [0.15, 0.2) is 5.96 Å². The molecular formula is C19H23ClN4. The Bertz CT molecular complexity index is 676. The Morgan fingerprint density at radius 3 is 2.17 bits per heavy atom. The van der Waals surface area contributed by atoms with Crippen LogP contribution in [0.1, 0.15) is 17.2 Å². The lowest BCUT2D eigenvalue weighted by atomic mass is 9.99. The topological polar surface area (TPSA) is 44.9 Å². The van der Waals surface area contributed by atoms with Crippen LogP contribution in [0, 0.1) is 0 Å². The van der Waals surface area contributed by atoms with Gasteiger partial charge in [0.2, 0.25) is 0 Å². The van der Waals surface area contributed by atoms with E-state index in [-0.39, 0.29) is 6.04 Å². The minimum atomic E-state index is -0.122. The van der Waals surface area contributed by atoms with E-state index in [0.29, 0.717) is 5.96 Å². The average molecular weight is 343 g/mol. The van der Waals surface area contributed by atoms with Gasteiger partial charge in [-0.15, -0.1) is 0 Å². The van der Waals surface area contributed by atoms with Crippen molar-refractivity contribution in [3.05, 3.63) is 70.7 Å². The second-order valence-corrected chi connectivity index (χ2v) is 6.58. The zero-order chi connectivity index (χ0) is 16.9. The summed E-state index contributed by atoms with van der Waals surface area (Å²) in [5, 5.41) is 0.724. The Balaban J connectivity index is 1.90. The fourth-order valence-corrected chi connectivity index (χ4v) is 3.00. The van der Waals surface area contributed by atoms with Crippen LogP contribution in [0.2, 0.25) is 5.02 Å². The molecule has 0 aromatic heterocycles. The molecule has 1 aliphatic heterocycles. The van der Waals surface area contributed by atoms with Crippen LogP contribution in [-0.2, 0) is 0 Å². The summed E-state index contributed by atoms with van der Waals surface area (Å²) in [6.07, 6.45) is 0. The van der Waals surface area contributed by atoms with Gasteiger partial charge in [0.05, 0.1) is 0 Å². The summed E-state index contributed by atoms with van der Waals surface area (Å²) in [6, 6.07) is 17.9. The Labute approximate surface area is 148 Å². The first-order valence-corrected chi connectivity index (χ1v) is 8.58. The number of benzene rings is 2. The van der Waals surface area contributed by atoms with Gasteiger partial charge in [-0.2, -0.15) is 0 Å². The summed E-state index contributed by atoms with van der Waals surface area (Å²) >= 11 is 6.03. The van der Waals surface area contributed by atoms with E-state index >= 15 is 0 Å². The van der Waals surface area contributed by atoms with Gasteiger partial charge in [0, 0.05) is 31.2 Å². The van der Waals surface area contributed by atoms with Gasteiger partial charge >= 0.3 is 0 Å². The number of nitrogens with two attached hydrogens (primary N) is 1. The van der Waals surface area contributed by atoms with E-state index in [4.69, 9.17) is 22.3 Å². The number of nitrogens with zero attached hydrogens (tertiary/aromatic N) is 3. The van der Waals surface area contributed by atoms with Crippen molar-refractivity contribution < 1.29 is 0 Å². The Hall–Kier alpha value is -2.04. The quantitative estimate of drug-likeness (QED) is 0.689. The summed E-state index contributed by atoms with van der Waals surface area (Å²) in [5.74, 6) is 0.604. The standard InChI is InChI=1S/C19H23ClN4/c1-23-11-13-24(14-12-23)19(21)22-18(15-5-3-2-4-6-15)16-7-9-17(20)10-8-16/h2-10,18H,11-14H2,1H3,(H2,21,22). The molecule has 1 saturated heterocycles. The van der Waals surface area contributed by atoms with E-state index in [9.17, 15) is 0 Å². The van der Waals surface area contributed by atoms with Gasteiger partial charge in [0.1, 0.15) is 6.04 Å². The molecule has 1 aliphatic rings. The zero-order valence-electron chi connectivity index (χ0n) is 13.9. The first-order valence-electron chi connectivity index (χ1n) is 8.20. The third-order valence-corrected chi connectivity index (χ3v) is 4.64. The molecule has 5 heteroatoms. The maximum Gasteiger partial charge on any atom is 0.192 e. The summed E-state index contributed by atoms with van der Waals surface area (Å²) < 4.78 is 0. The molecule has 1 heterocycles. The molecule has 0 radical (unpaired) electrons. The van der Waals surface area contributed by atoms with Crippen LogP contribution in [-0.4, -0.2) is 49.0 Å². The summed E-state index contributed by atoms with van der Waals surface area (Å²) in [7, 11) is 2.13. The van der Waals surface area contributed by atoms with Crippen LogP contribution in [0.3, 0.4) is 0 Å². The third kappa shape index (κ3) is 4.08. The van der Waals surface area contributed by atoms with Gasteiger partial charge in [0.25, 0.3) is 0 Å². The Morgan fingerprint density at radius 1 is 0.958 bits per heavy atom. The molecular weight excluding hydrogens is 320 g/mol. The number of guanidine groups is 1. The summed E-state index contributed by atoms with van der Waals surface area (Å²) in [5.41, 5.74) is 8.54. The highest BCUT2D eigenvalue weighted by atomic mass is 35.5. The Kier molecular flexibility index (Phi) is 5.38. The van der Waals surface area contributed by atoms with Gasteiger partial charge in [-0.25, -0.2) is 4.99 Å². The van der Waals surface area contributed by atoms with Gasteiger partial charge in [-0.05, 0) is 30.3 Å². The molecule has 0 spiro atoms. The number of likely N-dealkylation sites (N-methyl/N-ethyl adjacent to an activating group) is 1. The number of aliphatic imine (C=N–C) groups is 1. The highest BCUT2D eigenvalue weighted by Gasteiger charge is 2.19. The number of halogens is 1. The van der Waals surface area contributed by atoms with Crippen LogP contribution in [0.5, 0.6) is 0 Å². The zero-order valence-corrected chi connectivity index (χ0v) is 14.7. The summed E-state index contributed by atoms with van der Waals surface area (Å²) in [4.78, 5) is 9.32. The third-order valence-electron chi connectivity index (χ3n) is 4.39. The molecule has 2 N–H and O–H groups in total. The van der Waals surface area contributed by atoms with E-state index in [1.165, 1.54) is 0 Å². The monoisotopic (exact) mass is 342 g/mol. The fraction of sp³-hybridized carbons (Fsp3) is 0.316. The first kappa shape index (κ1) is 16.8. The van der Waals surface area contributed by atoms with Crippen LogP contribution in [0.15, 0.2) is 59.6 Å². The average Bonchev–Trinajstić information content (AvgIpc) is 2.62. The lowest BCUT2D eigenvalue weighted by Crippen LogP contribution is -2.50. The lowest BCUT2D eigenvalue weighted by molar-refractivity contribution is 0.213. The summed E-state index contributed by atoms with van der Waals surface area (Å²) in [6.45, 7) is 3.84. The maximum absolute atomic E-state index is 6.33. The first-order chi connectivity index (χ1) is 11.6. The van der Waals surface area contributed by atoms with Crippen molar-refractivity contribution in [1.82, 2.24) is 9.80 Å². The SMILES string of the molecule is CN1CCN(C(N)=NC(c2ccccc2)c2ccc(Cl)cc2)CC1. The number of hydrogen-bond acceptors (Lipinski definition) is 2. The normalized spacial score (nSPS) is 17.8. The minimum Gasteiger partial charge on any atom is -0.370 e. The van der Waals surface area contributed by atoms with E-state index < -0.39 is 0 Å². The molecule has 2 aromatic rings. The second-order valence-electron chi connectivity index (χ2n) is 6.14. The molecule has 3 rings (SSSR count). The predicted octanol–water partition coefficient (Wildman–Crippen LogP) is 2.99. The number of hydrogen-bond donors (Lipinski definition) is 1. The van der Waals surface area contributed by atoms with Crippen molar-refractivity contribution in [2.24, 2.45) is 10.7 Å². The molecule has 126 valence electrons. The lowest BCUT2D eigenvalue weighted by Gasteiger charge is -2.33. The van der Waals surface area contributed by atoms with Gasteiger partial charge in [-0.1, -0.05) is 54.1 Å². The van der Waals surface area contributed by atoms with Crippen molar-refractivity contribution in [3.8, 4) is 0 Å². The van der Waals surface area contributed by atoms with Crippen LogP contribution < -0.4 is 5.73 Å². The molecule has 1 atom stereocenters. The molecule has 0 aliphatic carbocycles. The largest absolute Gasteiger partial charge is 0.370 e. The predicted molar refractivity (Wildman–Crippen MR) is 100 cm³/mol.